The predicted molar refractivity (Wildman–Crippen MR) is 92.6 cm³/mol. The summed E-state index contributed by atoms with van der Waals surface area (Å²) < 4.78 is 32.1. The quantitative estimate of drug-likeness (QED) is 0.723. The molecule has 1 aromatic heterocycles. The Kier molecular flexibility index (Phi) is 4.11. The van der Waals surface area contributed by atoms with Gasteiger partial charge in [-0.25, -0.2) is 0 Å². The van der Waals surface area contributed by atoms with Crippen molar-refractivity contribution >= 4 is 0 Å². The zero-order valence-electron chi connectivity index (χ0n) is 14.8. The Morgan fingerprint density at radius 2 is 1.81 bits per heavy atom. The monoisotopic (exact) mass is 372 g/mol. The summed E-state index contributed by atoms with van der Waals surface area (Å²) in [6, 6.07) is 6.49. The van der Waals surface area contributed by atoms with Gasteiger partial charge in [0.15, 0.2) is 23.0 Å². The lowest BCUT2D eigenvalue weighted by Crippen LogP contribution is -1.96. The highest BCUT2D eigenvalue weighted by Gasteiger charge is 2.28. The number of hydrogen-bond donors (Lipinski definition) is 1. The summed E-state index contributed by atoms with van der Waals surface area (Å²) in [4.78, 5) is 4.40. The van der Waals surface area contributed by atoms with Crippen molar-refractivity contribution < 1.29 is 33.3 Å². The van der Waals surface area contributed by atoms with Crippen LogP contribution in [-0.2, 0) is 0 Å². The molecule has 0 saturated carbocycles. The second kappa shape index (κ2) is 6.60. The van der Waals surface area contributed by atoms with Crippen LogP contribution in [-0.4, -0.2) is 43.4 Å². The summed E-state index contributed by atoms with van der Waals surface area (Å²) in [5, 5.41) is 14.0. The highest BCUT2D eigenvalue weighted by molar-refractivity contribution is 5.77. The van der Waals surface area contributed by atoms with Gasteiger partial charge in [-0.05, 0) is 24.3 Å². The Bertz CT molecular complexity index is 1000. The van der Waals surface area contributed by atoms with E-state index >= 15 is 0 Å². The molecule has 140 valence electrons. The van der Waals surface area contributed by atoms with Crippen LogP contribution in [0.5, 0.6) is 34.5 Å². The van der Waals surface area contributed by atoms with E-state index in [0.29, 0.717) is 39.9 Å². The van der Waals surface area contributed by atoms with Gasteiger partial charge in [-0.2, -0.15) is 4.98 Å². The number of fused-ring (bicyclic) bond motifs is 1. The molecule has 0 fully saturated rings. The highest BCUT2D eigenvalue weighted by Crippen LogP contribution is 2.51. The maximum Gasteiger partial charge on any atom is 0.258 e. The van der Waals surface area contributed by atoms with Crippen molar-refractivity contribution in [2.45, 2.75) is 0 Å². The van der Waals surface area contributed by atoms with E-state index in [1.54, 1.807) is 18.2 Å². The van der Waals surface area contributed by atoms with Gasteiger partial charge in [0, 0.05) is 5.56 Å². The number of aromatic nitrogens is 2. The molecular weight excluding hydrogens is 356 g/mol. The molecule has 1 N–H and O–H groups in total. The minimum atomic E-state index is -0.0305. The fraction of sp³-hybridized carbons (Fsp3) is 0.222. The lowest BCUT2D eigenvalue weighted by Gasteiger charge is -2.12. The minimum absolute atomic E-state index is 0.0305. The van der Waals surface area contributed by atoms with E-state index in [1.807, 2.05) is 0 Å². The van der Waals surface area contributed by atoms with Crippen LogP contribution in [0.25, 0.3) is 22.8 Å². The Morgan fingerprint density at radius 1 is 1.00 bits per heavy atom. The number of nitrogens with zero attached hydrogens (tertiary/aromatic N) is 2. The van der Waals surface area contributed by atoms with E-state index in [0.717, 1.165) is 0 Å². The van der Waals surface area contributed by atoms with E-state index in [1.165, 1.54) is 27.4 Å². The number of phenolic OH excluding ortho intramolecular Hbond substituents is 1. The fourth-order valence-corrected chi connectivity index (χ4v) is 2.82. The van der Waals surface area contributed by atoms with Gasteiger partial charge >= 0.3 is 0 Å². The zero-order valence-corrected chi connectivity index (χ0v) is 14.8. The Morgan fingerprint density at radius 3 is 2.52 bits per heavy atom. The van der Waals surface area contributed by atoms with Crippen molar-refractivity contribution in [1.29, 1.82) is 0 Å². The summed E-state index contributed by atoms with van der Waals surface area (Å²) in [6.07, 6.45) is 0. The molecule has 2 aromatic carbocycles. The lowest BCUT2D eigenvalue weighted by atomic mass is 10.1. The molecule has 0 unspecified atom stereocenters. The average Bonchev–Trinajstić information content (AvgIpc) is 3.35. The van der Waals surface area contributed by atoms with E-state index in [-0.39, 0.29) is 24.3 Å². The zero-order chi connectivity index (χ0) is 19.0. The Labute approximate surface area is 154 Å². The van der Waals surface area contributed by atoms with Crippen LogP contribution >= 0.6 is 0 Å². The number of ether oxygens (including phenoxy) is 5. The Balaban J connectivity index is 1.79. The smallest absolute Gasteiger partial charge is 0.258 e. The molecule has 0 bridgehead atoms. The number of benzene rings is 2. The van der Waals surface area contributed by atoms with Crippen LogP contribution in [0.3, 0.4) is 0 Å². The van der Waals surface area contributed by atoms with Crippen LogP contribution in [0.4, 0.5) is 0 Å². The molecule has 0 atom stereocenters. The van der Waals surface area contributed by atoms with Crippen LogP contribution in [0.2, 0.25) is 0 Å². The average molecular weight is 372 g/mol. The van der Waals surface area contributed by atoms with Crippen molar-refractivity contribution in [1.82, 2.24) is 10.1 Å². The summed E-state index contributed by atoms with van der Waals surface area (Å²) in [5.41, 5.74) is 1.06. The van der Waals surface area contributed by atoms with E-state index in [9.17, 15) is 5.11 Å². The Hall–Kier alpha value is -3.62. The molecule has 1 aliphatic rings. The molecule has 0 amide bonds. The highest BCUT2D eigenvalue weighted by atomic mass is 16.7. The number of hydrogen-bond acceptors (Lipinski definition) is 9. The third-order valence-corrected chi connectivity index (χ3v) is 4.07. The van der Waals surface area contributed by atoms with E-state index in [2.05, 4.69) is 10.1 Å². The van der Waals surface area contributed by atoms with Crippen LogP contribution in [0, 0.1) is 0 Å². The molecule has 0 radical (unpaired) electrons. The maximum atomic E-state index is 9.95. The first-order chi connectivity index (χ1) is 13.2. The van der Waals surface area contributed by atoms with Crippen LogP contribution < -0.4 is 23.7 Å². The fourth-order valence-electron chi connectivity index (χ4n) is 2.82. The van der Waals surface area contributed by atoms with Gasteiger partial charge < -0.3 is 33.3 Å². The second-order valence-electron chi connectivity index (χ2n) is 5.53. The molecule has 9 nitrogen and oxygen atoms in total. The van der Waals surface area contributed by atoms with Gasteiger partial charge in [0.1, 0.15) is 0 Å². The largest absolute Gasteiger partial charge is 0.504 e. The summed E-state index contributed by atoms with van der Waals surface area (Å²) in [5.74, 6) is 2.55. The van der Waals surface area contributed by atoms with Crippen molar-refractivity contribution in [2.24, 2.45) is 0 Å². The lowest BCUT2D eigenvalue weighted by molar-refractivity contribution is 0.170. The topological polar surface area (TPSA) is 105 Å². The van der Waals surface area contributed by atoms with Crippen LogP contribution in [0.15, 0.2) is 28.8 Å². The molecule has 9 heteroatoms. The van der Waals surface area contributed by atoms with Gasteiger partial charge in [-0.15, -0.1) is 0 Å². The molecule has 27 heavy (non-hydrogen) atoms. The third kappa shape index (κ3) is 2.73. The van der Waals surface area contributed by atoms with Gasteiger partial charge in [-0.1, -0.05) is 5.16 Å². The molecule has 4 rings (SSSR count). The third-order valence-electron chi connectivity index (χ3n) is 4.07. The van der Waals surface area contributed by atoms with E-state index in [4.69, 9.17) is 28.2 Å². The summed E-state index contributed by atoms with van der Waals surface area (Å²) >= 11 is 0. The molecule has 0 aliphatic carbocycles. The molecule has 2 heterocycles. The predicted octanol–water partition coefficient (Wildman–Crippen LogP) is 2.86. The van der Waals surface area contributed by atoms with Crippen molar-refractivity contribution in [3.8, 4) is 57.3 Å². The first-order valence-corrected chi connectivity index (χ1v) is 7.92. The maximum absolute atomic E-state index is 9.95. The van der Waals surface area contributed by atoms with Gasteiger partial charge in [0.25, 0.3) is 5.89 Å². The number of phenols is 1. The van der Waals surface area contributed by atoms with Crippen LogP contribution in [0.1, 0.15) is 0 Å². The summed E-state index contributed by atoms with van der Waals surface area (Å²) in [6.45, 7) is 0.0842. The molecular formula is C18H16N2O7. The molecule has 1 aliphatic heterocycles. The van der Waals surface area contributed by atoms with Gasteiger partial charge in [0.05, 0.1) is 26.9 Å². The second-order valence-corrected chi connectivity index (χ2v) is 5.53. The van der Waals surface area contributed by atoms with Crippen molar-refractivity contribution in [3.05, 3.63) is 24.3 Å². The number of aromatic hydroxyl groups is 1. The first-order valence-electron chi connectivity index (χ1n) is 7.92. The van der Waals surface area contributed by atoms with Crippen molar-refractivity contribution in [2.75, 3.05) is 28.1 Å². The minimum Gasteiger partial charge on any atom is -0.504 e. The summed E-state index contributed by atoms with van der Waals surface area (Å²) in [7, 11) is 4.48. The molecule has 3 aromatic rings. The van der Waals surface area contributed by atoms with E-state index < -0.39 is 0 Å². The first kappa shape index (κ1) is 16.8. The molecule has 0 saturated heterocycles. The van der Waals surface area contributed by atoms with Gasteiger partial charge in [-0.3, -0.25) is 0 Å². The number of rotatable bonds is 5. The van der Waals surface area contributed by atoms with Crippen molar-refractivity contribution in [3.63, 3.8) is 0 Å². The molecule has 0 spiro atoms. The standard InChI is InChI=1S/C18H16N2O7/c1-22-12-5-4-9(6-11(12)21)18-19-17(20-27-18)10-7-13-15(26-8-25-13)16(24-3)14(10)23-2/h4-7,21H,8H2,1-3H3. The SMILES string of the molecule is COc1ccc(-c2nc(-c3cc4c(c(OC)c3OC)OCO4)no2)cc1O. The van der Waals surface area contributed by atoms with Gasteiger partial charge in [0.2, 0.25) is 24.1 Å². The number of methoxy groups -OCH3 is 3. The normalized spacial score (nSPS) is 12.1.